The molecule has 1 heterocycles. The van der Waals surface area contributed by atoms with Crippen LogP contribution in [-0.2, 0) is 4.79 Å². The van der Waals surface area contributed by atoms with Gasteiger partial charge in [0.1, 0.15) is 0 Å². The van der Waals surface area contributed by atoms with E-state index >= 15 is 0 Å². The number of amides is 1. The van der Waals surface area contributed by atoms with Crippen LogP contribution in [-0.4, -0.2) is 25.0 Å². The maximum Gasteiger partial charge on any atom is 0.237 e. The second-order valence-electron chi connectivity index (χ2n) is 5.73. The predicted octanol–water partition coefficient (Wildman–Crippen LogP) is 1.29. The van der Waals surface area contributed by atoms with Gasteiger partial charge in [0.25, 0.3) is 0 Å². The van der Waals surface area contributed by atoms with Crippen LogP contribution in [0.2, 0.25) is 0 Å². The fourth-order valence-electron chi connectivity index (χ4n) is 3.02. The van der Waals surface area contributed by atoms with Gasteiger partial charge in [-0.2, -0.15) is 0 Å². The molecule has 0 bridgehead atoms. The van der Waals surface area contributed by atoms with Crippen LogP contribution in [0.25, 0.3) is 0 Å². The first-order valence-electron chi connectivity index (χ1n) is 6.85. The summed E-state index contributed by atoms with van der Waals surface area (Å²) >= 11 is 0. The van der Waals surface area contributed by atoms with E-state index in [1.165, 1.54) is 25.7 Å². The van der Waals surface area contributed by atoms with Crippen LogP contribution in [0, 0.1) is 17.8 Å². The topological polar surface area (TPSA) is 41.1 Å². The van der Waals surface area contributed by atoms with E-state index in [1.54, 1.807) is 0 Å². The van der Waals surface area contributed by atoms with Gasteiger partial charge >= 0.3 is 0 Å². The molecule has 90 valence electrons. The van der Waals surface area contributed by atoms with Crippen molar-refractivity contribution in [3.05, 3.63) is 0 Å². The Bertz CT molecular complexity index is 253. The molecule has 0 unspecified atom stereocenters. The molecule has 0 aromatic carbocycles. The van der Waals surface area contributed by atoms with Gasteiger partial charge in [-0.3, -0.25) is 4.79 Å². The highest BCUT2D eigenvalue weighted by Crippen LogP contribution is 2.48. The van der Waals surface area contributed by atoms with E-state index in [2.05, 4.69) is 10.6 Å². The van der Waals surface area contributed by atoms with Gasteiger partial charge in [0.2, 0.25) is 5.91 Å². The monoisotopic (exact) mass is 222 g/mol. The van der Waals surface area contributed by atoms with Crippen molar-refractivity contribution in [2.45, 2.75) is 44.6 Å². The summed E-state index contributed by atoms with van der Waals surface area (Å²) in [6, 6.07) is 0.0963. The molecule has 3 aliphatic rings. The van der Waals surface area contributed by atoms with E-state index in [0.717, 1.165) is 43.7 Å². The fourth-order valence-corrected chi connectivity index (χ4v) is 3.02. The second-order valence-corrected chi connectivity index (χ2v) is 5.73. The summed E-state index contributed by atoms with van der Waals surface area (Å²) in [7, 11) is 0. The molecule has 2 aliphatic carbocycles. The molecule has 3 heteroatoms. The van der Waals surface area contributed by atoms with E-state index in [1.807, 2.05) is 0 Å². The Labute approximate surface area is 97.4 Å². The molecule has 3 rings (SSSR count). The van der Waals surface area contributed by atoms with Crippen molar-refractivity contribution >= 4 is 5.91 Å². The van der Waals surface area contributed by atoms with Crippen LogP contribution in [0.5, 0.6) is 0 Å². The van der Waals surface area contributed by atoms with Crippen LogP contribution in [0.3, 0.4) is 0 Å². The number of carbonyl (C=O) groups excluding carboxylic acids is 1. The Morgan fingerprint density at radius 1 is 1.19 bits per heavy atom. The third-order valence-corrected chi connectivity index (χ3v) is 4.34. The Balaban J connectivity index is 1.45. The highest BCUT2D eigenvalue weighted by Gasteiger charge is 2.41. The van der Waals surface area contributed by atoms with Gasteiger partial charge in [0.15, 0.2) is 0 Å². The maximum atomic E-state index is 11.9. The zero-order valence-corrected chi connectivity index (χ0v) is 9.87. The summed E-state index contributed by atoms with van der Waals surface area (Å²) in [5.74, 6) is 2.91. The normalized spacial score (nSPS) is 29.7. The fraction of sp³-hybridized carbons (Fsp3) is 0.923. The SMILES string of the molecule is O=C(NCC(C1CC1)C1CC1)[C@@H]1CCCN1. The maximum absolute atomic E-state index is 11.9. The minimum atomic E-state index is 0.0963. The average Bonchev–Trinajstić information content (AvgIpc) is 3.21. The lowest BCUT2D eigenvalue weighted by Crippen LogP contribution is -2.42. The first-order chi connectivity index (χ1) is 7.84. The molecule has 0 aromatic heterocycles. The predicted molar refractivity (Wildman–Crippen MR) is 63.0 cm³/mol. The number of hydrogen-bond donors (Lipinski definition) is 2. The Morgan fingerprint density at radius 3 is 2.38 bits per heavy atom. The van der Waals surface area contributed by atoms with Crippen LogP contribution >= 0.6 is 0 Å². The van der Waals surface area contributed by atoms with Gasteiger partial charge in [0, 0.05) is 6.54 Å². The lowest BCUT2D eigenvalue weighted by Gasteiger charge is -2.18. The Morgan fingerprint density at radius 2 is 1.88 bits per heavy atom. The number of hydrogen-bond acceptors (Lipinski definition) is 2. The van der Waals surface area contributed by atoms with Gasteiger partial charge in [-0.15, -0.1) is 0 Å². The Kier molecular flexibility index (Phi) is 2.88. The summed E-state index contributed by atoms with van der Waals surface area (Å²) in [6.07, 6.45) is 7.77. The molecule has 0 radical (unpaired) electrons. The molecule has 3 nitrogen and oxygen atoms in total. The van der Waals surface area contributed by atoms with Crippen LogP contribution in [0.1, 0.15) is 38.5 Å². The number of rotatable bonds is 5. The Hall–Kier alpha value is -0.570. The summed E-state index contributed by atoms with van der Waals surface area (Å²) in [6.45, 7) is 1.94. The minimum Gasteiger partial charge on any atom is -0.354 e. The van der Waals surface area contributed by atoms with E-state index in [4.69, 9.17) is 0 Å². The molecule has 1 amide bonds. The highest BCUT2D eigenvalue weighted by atomic mass is 16.2. The van der Waals surface area contributed by atoms with Crippen LogP contribution in [0.4, 0.5) is 0 Å². The van der Waals surface area contributed by atoms with E-state index in [9.17, 15) is 4.79 Å². The zero-order chi connectivity index (χ0) is 11.0. The molecule has 3 fully saturated rings. The van der Waals surface area contributed by atoms with E-state index < -0.39 is 0 Å². The van der Waals surface area contributed by atoms with Gasteiger partial charge in [-0.05, 0) is 62.8 Å². The molecule has 0 aromatic rings. The van der Waals surface area contributed by atoms with Gasteiger partial charge in [-0.1, -0.05) is 0 Å². The van der Waals surface area contributed by atoms with Crippen molar-refractivity contribution in [3.8, 4) is 0 Å². The molecular weight excluding hydrogens is 200 g/mol. The molecule has 2 N–H and O–H groups in total. The third-order valence-electron chi connectivity index (χ3n) is 4.34. The first kappa shape index (κ1) is 10.6. The van der Waals surface area contributed by atoms with Gasteiger partial charge in [0.05, 0.1) is 6.04 Å². The van der Waals surface area contributed by atoms with Crippen molar-refractivity contribution < 1.29 is 4.79 Å². The minimum absolute atomic E-state index is 0.0963. The molecule has 0 spiro atoms. The summed E-state index contributed by atoms with van der Waals surface area (Å²) in [5.41, 5.74) is 0. The molecule has 1 atom stereocenters. The largest absolute Gasteiger partial charge is 0.354 e. The van der Waals surface area contributed by atoms with E-state index in [-0.39, 0.29) is 11.9 Å². The van der Waals surface area contributed by atoms with Crippen molar-refractivity contribution in [3.63, 3.8) is 0 Å². The molecule has 1 saturated heterocycles. The van der Waals surface area contributed by atoms with Crippen LogP contribution < -0.4 is 10.6 Å². The highest BCUT2D eigenvalue weighted by molar-refractivity contribution is 5.81. The van der Waals surface area contributed by atoms with Crippen molar-refractivity contribution in [1.29, 1.82) is 0 Å². The second kappa shape index (κ2) is 4.36. The standard InChI is InChI=1S/C13H22N2O/c16-13(12-2-1-7-14-12)15-8-11(9-3-4-9)10-5-6-10/h9-12,14H,1-8H2,(H,15,16)/t12-/m0/s1. The first-order valence-corrected chi connectivity index (χ1v) is 6.85. The number of carbonyl (C=O) groups is 1. The lowest BCUT2D eigenvalue weighted by molar-refractivity contribution is -0.123. The lowest BCUT2D eigenvalue weighted by atomic mass is 9.98. The summed E-state index contributed by atoms with van der Waals surface area (Å²) in [5, 5.41) is 6.42. The van der Waals surface area contributed by atoms with Crippen molar-refractivity contribution in [2.24, 2.45) is 17.8 Å². The quantitative estimate of drug-likeness (QED) is 0.736. The molecule has 16 heavy (non-hydrogen) atoms. The van der Waals surface area contributed by atoms with Crippen molar-refractivity contribution in [2.75, 3.05) is 13.1 Å². The van der Waals surface area contributed by atoms with E-state index in [0.29, 0.717) is 0 Å². The molecule has 2 saturated carbocycles. The van der Waals surface area contributed by atoms with Crippen molar-refractivity contribution in [1.82, 2.24) is 10.6 Å². The summed E-state index contributed by atoms with van der Waals surface area (Å²) in [4.78, 5) is 11.9. The van der Waals surface area contributed by atoms with Gasteiger partial charge < -0.3 is 10.6 Å². The van der Waals surface area contributed by atoms with Gasteiger partial charge in [-0.25, -0.2) is 0 Å². The molecule has 1 aliphatic heterocycles. The third kappa shape index (κ3) is 2.40. The summed E-state index contributed by atoms with van der Waals surface area (Å²) < 4.78 is 0. The van der Waals surface area contributed by atoms with Crippen LogP contribution in [0.15, 0.2) is 0 Å². The number of nitrogens with one attached hydrogen (secondary N) is 2. The average molecular weight is 222 g/mol. The smallest absolute Gasteiger partial charge is 0.237 e. The zero-order valence-electron chi connectivity index (χ0n) is 9.87. The molecular formula is C13H22N2O.